The molecule has 0 amide bonds. The van der Waals surface area contributed by atoms with Crippen LogP contribution in [0, 0.1) is 0 Å². The number of carbonyl (C=O) groups is 1. The fourth-order valence-electron chi connectivity index (χ4n) is 3.43. The van der Waals surface area contributed by atoms with Crippen molar-refractivity contribution < 1.29 is 14.3 Å². The van der Waals surface area contributed by atoms with Crippen molar-refractivity contribution in [3.05, 3.63) is 89.8 Å². The monoisotopic (exact) mass is 389 g/mol. The first-order chi connectivity index (χ1) is 14.2. The van der Waals surface area contributed by atoms with Gasteiger partial charge in [0.25, 0.3) is 0 Å². The summed E-state index contributed by atoms with van der Waals surface area (Å²) in [6.45, 7) is 2.78. The van der Waals surface area contributed by atoms with Gasteiger partial charge in [0.1, 0.15) is 12.6 Å². The Bertz CT molecular complexity index is 975. The number of hydrogen-bond donors (Lipinski definition) is 0. The molecule has 4 nitrogen and oxygen atoms in total. The standard InChI is InChI=1S/C25H27NO3/c1-19(23-12-7-10-20-8-3-4-11-24(20)23)25(27)16-21-13-14-26-17-22(21)9-5-6-15-29-18-28-2/h3-8,10-14,17,19H,9,15-16,18H2,1-2H3/b6-5+. The number of Topliss-reactive ketones (excluding diaryl/α,β-unsaturated/α-hetero) is 1. The minimum atomic E-state index is -0.167. The van der Waals surface area contributed by atoms with Crippen LogP contribution in [-0.4, -0.2) is 31.3 Å². The number of methoxy groups -OCH3 is 1. The van der Waals surface area contributed by atoms with Gasteiger partial charge in [-0.2, -0.15) is 0 Å². The summed E-state index contributed by atoms with van der Waals surface area (Å²) < 4.78 is 10.1. The SMILES string of the molecule is COCOC/C=C/Cc1cnccc1CC(=O)C(C)c1cccc2ccccc12. The molecule has 150 valence electrons. The van der Waals surface area contributed by atoms with Crippen molar-refractivity contribution in [3.63, 3.8) is 0 Å². The van der Waals surface area contributed by atoms with Gasteiger partial charge < -0.3 is 9.47 Å². The maximum Gasteiger partial charge on any atom is 0.146 e. The number of hydrogen-bond acceptors (Lipinski definition) is 4. The molecule has 29 heavy (non-hydrogen) atoms. The molecule has 0 fully saturated rings. The van der Waals surface area contributed by atoms with E-state index in [1.54, 1.807) is 13.3 Å². The first-order valence-corrected chi connectivity index (χ1v) is 9.84. The summed E-state index contributed by atoms with van der Waals surface area (Å²) >= 11 is 0. The van der Waals surface area contributed by atoms with Gasteiger partial charge in [0, 0.05) is 31.8 Å². The molecule has 3 aromatic rings. The van der Waals surface area contributed by atoms with E-state index >= 15 is 0 Å². The van der Waals surface area contributed by atoms with Crippen LogP contribution in [0.3, 0.4) is 0 Å². The zero-order valence-electron chi connectivity index (χ0n) is 17.0. The van der Waals surface area contributed by atoms with E-state index in [4.69, 9.17) is 9.47 Å². The summed E-state index contributed by atoms with van der Waals surface area (Å²) in [5.41, 5.74) is 3.17. The van der Waals surface area contributed by atoms with Crippen LogP contribution >= 0.6 is 0 Å². The number of ketones is 1. The van der Waals surface area contributed by atoms with E-state index in [2.05, 4.69) is 29.2 Å². The van der Waals surface area contributed by atoms with E-state index < -0.39 is 0 Å². The molecule has 1 aromatic heterocycles. The minimum absolute atomic E-state index is 0.167. The summed E-state index contributed by atoms with van der Waals surface area (Å²) in [5, 5.41) is 2.31. The lowest BCUT2D eigenvalue weighted by Crippen LogP contribution is -2.13. The smallest absolute Gasteiger partial charge is 0.146 e. The second kappa shape index (κ2) is 10.6. The van der Waals surface area contributed by atoms with Crippen molar-refractivity contribution in [3.8, 4) is 0 Å². The molecule has 0 aliphatic heterocycles. The third kappa shape index (κ3) is 5.59. The quantitative estimate of drug-likeness (QED) is 0.282. The molecule has 2 aromatic carbocycles. The molecule has 0 N–H and O–H groups in total. The molecule has 0 aliphatic carbocycles. The van der Waals surface area contributed by atoms with Crippen molar-refractivity contribution in [2.45, 2.75) is 25.7 Å². The summed E-state index contributed by atoms with van der Waals surface area (Å²) in [7, 11) is 1.60. The van der Waals surface area contributed by atoms with Crippen LogP contribution in [0.2, 0.25) is 0 Å². The Balaban J connectivity index is 1.70. The summed E-state index contributed by atoms with van der Waals surface area (Å²) in [4.78, 5) is 17.3. The Hall–Kier alpha value is -2.82. The van der Waals surface area contributed by atoms with Crippen LogP contribution in [0.15, 0.2) is 73.1 Å². The minimum Gasteiger partial charge on any atom is -0.359 e. The number of rotatable bonds is 10. The van der Waals surface area contributed by atoms with Crippen LogP contribution in [0.5, 0.6) is 0 Å². The average Bonchev–Trinajstić information content (AvgIpc) is 2.76. The Morgan fingerprint density at radius 3 is 2.76 bits per heavy atom. The van der Waals surface area contributed by atoms with Gasteiger partial charge in [-0.25, -0.2) is 0 Å². The van der Waals surface area contributed by atoms with Gasteiger partial charge in [-0.3, -0.25) is 9.78 Å². The highest BCUT2D eigenvalue weighted by Gasteiger charge is 2.18. The largest absolute Gasteiger partial charge is 0.359 e. The number of fused-ring (bicyclic) bond motifs is 1. The van der Waals surface area contributed by atoms with Gasteiger partial charge >= 0.3 is 0 Å². The summed E-state index contributed by atoms with van der Waals surface area (Å²) in [6, 6.07) is 16.3. The van der Waals surface area contributed by atoms with Crippen molar-refractivity contribution >= 4 is 16.6 Å². The normalized spacial score (nSPS) is 12.5. The highest BCUT2D eigenvalue weighted by molar-refractivity contribution is 5.94. The summed E-state index contributed by atoms with van der Waals surface area (Å²) in [5.74, 6) is 0.0429. The van der Waals surface area contributed by atoms with Crippen molar-refractivity contribution in [1.29, 1.82) is 0 Å². The maximum atomic E-state index is 13.1. The lowest BCUT2D eigenvalue weighted by Gasteiger charge is -2.15. The second-order valence-corrected chi connectivity index (χ2v) is 7.03. The van der Waals surface area contributed by atoms with Crippen LogP contribution in [0.4, 0.5) is 0 Å². The molecule has 0 aliphatic rings. The predicted molar refractivity (Wildman–Crippen MR) is 116 cm³/mol. The van der Waals surface area contributed by atoms with Gasteiger partial charge in [0.05, 0.1) is 6.61 Å². The number of benzene rings is 2. The molecule has 0 radical (unpaired) electrons. The van der Waals surface area contributed by atoms with E-state index in [0.717, 1.165) is 33.9 Å². The van der Waals surface area contributed by atoms with Crippen molar-refractivity contribution in [2.24, 2.45) is 0 Å². The third-order valence-electron chi connectivity index (χ3n) is 5.06. The van der Waals surface area contributed by atoms with Crippen LogP contribution < -0.4 is 0 Å². The number of aromatic nitrogens is 1. The lowest BCUT2D eigenvalue weighted by atomic mass is 9.88. The van der Waals surface area contributed by atoms with E-state index in [1.165, 1.54) is 0 Å². The Morgan fingerprint density at radius 1 is 1.07 bits per heavy atom. The molecular formula is C25H27NO3. The number of allylic oxidation sites excluding steroid dienone is 1. The van der Waals surface area contributed by atoms with Crippen LogP contribution in [-0.2, 0) is 27.1 Å². The van der Waals surface area contributed by atoms with Gasteiger partial charge in [0.2, 0.25) is 0 Å². The first-order valence-electron chi connectivity index (χ1n) is 9.84. The van der Waals surface area contributed by atoms with E-state index in [-0.39, 0.29) is 18.5 Å². The molecule has 0 bridgehead atoms. The summed E-state index contributed by atoms with van der Waals surface area (Å²) in [6.07, 6.45) is 8.70. The second-order valence-electron chi connectivity index (χ2n) is 7.03. The zero-order chi connectivity index (χ0) is 20.5. The van der Waals surface area contributed by atoms with Gasteiger partial charge in [0.15, 0.2) is 0 Å². The average molecular weight is 389 g/mol. The Morgan fingerprint density at radius 2 is 1.90 bits per heavy atom. The molecular weight excluding hydrogens is 362 g/mol. The molecule has 0 saturated carbocycles. The maximum absolute atomic E-state index is 13.1. The predicted octanol–water partition coefficient (Wildman–Crippen LogP) is 4.87. The molecule has 0 saturated heterocycles. The van der Waals surface area contributed by atoms with Gasteiger partial charge in [-0.05, 0) is 39.9 Å². The fourth-order valence-corrected chi connectivity index (χ4v) is 3.43. The topological polar surface area (TPSA) is 48.4 Å². The molecule has 1 atom stereocenters. The van der Waals surface area contributed by atoms with Crippen molar-refractivity contribution in [2.75, 3.05) is 20.5 Å². The van der Waals surface area contributed by atoms with Crippen molar-refractivity contribution in [1.82, 2.24) is 4.98 Å². The lowest BCUT2D eigenvalue weighted by molar-refractivity contribution is -0.119. The molecule has 0 spiro atoms. The van der Waals surface area contributed by atoms with Gasteiger partial charge in [-0.1, -0.05) is 61.5 Å². The Kier molecular flexibility index (Phi) is 7.68. The Labute approximate surface area is 172 Å². The number of ether oxygens (including phenoxy) is 2. The number of nitrogens with zero attached hydrogens (tertiary/aromatic N) is 1. The fraction of sp³-hybridized carbons (Fsp3) is 0.280. The van der Waals surface area contributed by atoms with E-state index in [0.29, 0.717) is 13.0 Å². The van der Waals surface area contributed by atoms with E-state index in [1.807, 2.05) is 49.5 Å². The zero-order valence-corrected chi connectivity index (χ0v) is 17.0. The number of carbonyl (C=O) groups excluding carboxylic acids is 1. The highest BCUT2D eigenvalue weighted by atomic mass is 16.7. The van der Waals surface area contributed by atoms with Gasteiger partial charge in [-0.15, -0.1) is 0 Å². The molecule has 4 heteroatoms. The van der Waals surface area contributed by atoms with Crippen LogP contribution in [0.1, 0.15) is 29.5 Å². The molecule has 3 rings (SSSR count). The first kappa shape index (κ1) is 20.9. The third-order valence-corrected chi connectivity index (χ3v) is 5.06. The molecule has 1 heterocycles. The van der Waals surface area contributed by atoms with E-state index in [9.17, 15) is 4.79 Å². The number of pyridine rings is 1. The highest BCUT2D eigenvalue weighted by Crippen LogP contribution is 2.27. The van der Waals surface area contributed by atoms with Crippen LogP contribution in [0.25, 0.3) is 10.8 Å². The molecule has 1 unspecified atom stereocenters.